The first kappa shape index (κ1) is 14.5. The molecule has 4 heteroatoms. The van der Waals surface area contributed by atoms with Crippen molar-refractivity contribution in [3.8, 4) is 5.69 Å². The summed E-state index contributed by atoms with van der Waals surface area (Å²) in [6.07, 6.45) is 3.80. The van der Waals surface area contributed by atoms with Crippen molar-refractivity contribution in [3.63, 3.8) is 0 Å². The van der Waals surface area contributed by atoms with Gasteiger partial charge in [0.1, 0.15) is 11.3 Å². The van der Waals surface area contributed by atoms with E-state index in [-0.39, 0.29) is 0 Å². The van der Waals surface area contributed by atoms with Crippen molar-refractivity contribution >= 4 is 43.9 Å². The normalized spacial score (nSPS) is 11.9. The summed E-state index contributed by atoms with van der Waals surface area (Å²) in [4.78, 5) is 9.47. The van der Waals surface area contributed by atoms with Gasteiger partial charge in [-0.1, -0.05) is 36.4 Å². The number of aryl methyl sites for hydroxylation is 1. The van der Waals surface area contributed by atoms with Crippen molar-refractivity contribution in [2.45, 2.75) is 0 Å². The molecule has 2 aromatic carbocycles. The first-order valence-corrected chi connectivity index (χ1v) is 9.00. The molecule has 0 N–H and O–H groups in total. The molecule has 6 aromatic rings. The minimum atomic E-state index is 0.958. The van der Waals surface area contributed by atoms with E-state index in [1.807, 2.05) is 18.5 Å². The number of para-hydroxylation sites is 2. The van der Waals surface area contributed by atoms with Crippen molar-refractivity contribution in [1.29, 1.82) is 0 Å². The van der Waals surface area contributed by atoms with Gasteiger partial charge in [0.05, 0.1) is 22.9 Å². The molecule has 4 heterocycles. The maximum Gasteiger partial charge on any atom is 0.145 e. The molecule has 6 rings (SSSR count). The summed E-state index contributed by atoms with van der Waals surface area (Å²) in [5.41, 5.74) is 5.32. The summed E-state index contributed by atoms with van der Waals surface area (Å²) in [5.74, 6) is 0. The first-order valence-electron chi connectivity index (χ1n) is 9.00. The molecular weight excluding hydrogens is 332 g/mol. The average molecular weight is 348 g/mol. The number of fused-ring (bicyclic) bond motifs is 6. The molecule has 0 fully saturated rings. The predicted octanol–water partition coefficient (Wildman–Crippen LogP) is 5.22. The number of benzene rings is 2. The summed E-state index contributed by atoms with van der Waals surface area (Å²) < 4.78 is 4.36. The highest BCUT2D eigenvalue weighted by atomic mass is 15.1. The van der Waals surface area contributed by atoms with Gasteiger partial charge in [-0.15, -0.1) is 0 Å². The van der Waals surface area contributed by atoms with Crippen molar-refractivity contribution < 1.29 is 0 Å². The van der Waals surface area contributed by atoms with Crippen LogP contribution in [0.2, 0.25) is 0 Å². The lowest BCUT2D eigenvalue weighted by atomic mass is 10.2. The van der Waals surface area contributed by atoms with Crippen LogP contribution >= 0.6 is 0 Å². The van der Waals surface area contributed by atoms with E-state index in [1.54, 1.807) is 0 Å². The van der Waals surface area contributed by atoms with E-state index in [4.69, 9.17) is 4.98 Å². The Morgan fingerprint density at radius 2 is 1.37 bits per heavy atom. The molecule has 0 atom stereocenters. The van der Waals surface area contributed by atoms with Gasteiger partial charge >= 0.3 is 0 Å². The molecule has 128 valence electrons. The molecule has 27 heavy (non-hydrogen) atoms. The summed E-state index contributed by atoms with van der Waals surface area (Å²) >= 11 is 0. The molecule has 4 nitrogen and oxygen atoms in total. The van der Waals surface area contributed by atoms with Crippen LogP contribution in [0.4, 0.5) is 0 Å². The lowest BCUT2D eigenvalue weighted by molar-refractivity contribution is 0.986. The maximum atomic E-state index is 4.80. The highest BCUT2D eigenvalue weighted by molar-refractivity contribution is 6.09. The zero-order valence-electron chi connectivity index (χ0n) is 14.8. The Balaban J connectivity index is 1.77. The number of hydrogen-bond acceptors (Lipinski definition) is 2. The molecule has 0 bridgehead atoms. The molecule has 0 aliphatic carbocycles. The fraction of sp³-hybridized carbons (Fsp3) is 0.0435. The lowest BCUT2D eigenvalue weighted by Gasteiger charge is -2.07. The fourth-order valence-electron chi connectivity index (χ4n) is 4.20. The summed E-state index contributed by atoms with van der Waals surface area (Å²) in [6, 6.07) is 23.2. The second-order valence-electron chi connectivity index (χ2n) is 6.87. The van der Waals surface area contributed by atoms with Crippen LogP contribution < -0.4 is 0 Å². The van der Waals surface area contributed by atoms with Gasteiger partial charge in [-0.25, -0.2) is 9.97 Å². The van der Waals surface area contributed by atoms with Crippen LogP contribution in [0, 0.1) is 0 Å². The third kappa shape index (κ3) is 1.87. The molecule has 0 amide bonds. The molecule has 0 saturated heterocycles. The monoisotopic (exact) mass is 348 g/mol. The Bertz CT molecular complexity index is 1430. The Labute approximate surface area is 155 Å². The van der Waals surface area contributed by atoms with Gasteiger partial charge in [0.15, 0.2) is 0 Å². The third-order valence-corrected chi connectivity index (χ3v) is 5.42. The first-order chi connectivity index (χ1) is 13.3. The molecular formula is C23H16N4. The van der Waals surface area contributed by atoms with E-state index in [2.05, 4.69) is 81.8 Å². The molecule has 0 spiro atoms. The van der Waals surface area contributed by atoms with Crippen molar-refractivity contribution in [2.75, 3.05) is 0 Å². The van der Waals surface area contributed by atoms with E-state index in [9.17, 15) is 0 Å². The van der Waals surface area contributed by atoms with Crippen molar-refractivity contribution in [1.82, 2.24) is 19.1 Å². The number of hydrogen-bond donors (Lipinski definition) is 0. The predicted molar refractivity (Wildman–Crippen MR) is 110 cm³/mol. The molecule has 0 aliphatic heterocycles. The van der Waals surface area contributed by atoms with Crippen molar-refractivity contribution in [3.05, 3.63) is 79.1 Å². The quantitative estimate of drug-likeness (QED) is 0.408. The Morgan fingerprint density at radius 1 is 0.667 bits per heavy atom. The summed E-state index contributed by atoms with van der Waals surface area (Å²) in [5, 5.41) is 4.75. The van der Waals surface area contributed by atoms with Crippen LogP contribution in [0.1, 0.15) is 0 Å². The van der Waals surface area contributed by atoms with E-state index in [1.165, 1.54) is 16.3 Å². The van der Waals surface area contributed by atoms with E-state index in [0.29, 0.717) is 0 Å². The Kier molecular flexibility index (Phi) is 2.78. The number of rotatable bonds is 1. The zero-order valence-corrected chi connectivity index (χ0v) is 14.8. The number of pyridine rings is 2. The average Bonchev–Trinajstić information content (AvgIpc) is 3.21. The number of aromatic nitrogens is 4. The van der Waals surface area contributed by atoms with Gasteiger partial charge in [0, 0.05) is 34.8 Å². The second-order valence-corrected chi connectivity index (χ2v) is 6.87. The summed E-state index contributed by atoms with van der Waals surface area (Å²) in [6.45, 7) is 0. The largest absolute Gasteiger partial charge is 0.328 e. The molecule has 0 saturated carbocycles. The number of nitrogens with zero attached hydrogens (tertiary/aromatic N) is 4. The highest BCUT2D eigenvalue weighted by Crippen LogP contribution is 2.33. The standard InChI is InChI=1S/C23H16N4/c1-26-20-10-4-2-8-17(20)19-13-15(14-25-22(19)26)27-21-11-5-3-7-16(21)18-9-6-12-24-23(18)27/h2-14H,1H3. The van der Waals surface area contributed by atoms with E-state index in [0.717, 1.165) is 33.3 Å². The second kappa shape index (κ2) is 5.17. The molecule has 0 aliphatic rings. The third-order valence-electron chi connectivity index (χ3n) is 5.42. The highest BCUT2D eigenvalue weighted by Gasteiger charge is 2.15. The summed E-state index contributed by atoms with van der Waals surface area (Å²) in [7, 11) is 2.07. The van der Waals surface area contributed by atoms with Gasteiger partial charge < -0.3 is 4.57 Å². The molecule has 0 radical (unpaired) electrons. The van der Waals surface area contributed by atoms with Crippen LogP contribution in [-0.2, 0) is 7.05 Å². The van der Waals surface area contributed by atoms with E-state index < -0.39 is 0 Å². The van der Waals surface area contributed by atoms with E-state index >= 15 is 0 Å². The van der Waals surface area contributed by atoms with Gasteiger partial charge in [0.25, 0.3) is 0 Å². The van der Waals surface area contributed by atoms with Crippen LogP contribution in [-0.4, -0.2) is 19.1 Å². The van der Waals surface area contributed by atoms with Gasteiger partial charge in [-0.3, -0.25) is 4.57 Å². The van der Waals surface area contributed by atoms with Gasteiger partial charge in [-0.05, 0) is 30.3 Å². The SMILES string of the molecule is Cn1c2ccccc2c2cc(-n3c4ccccc4c4cccnc43)cnc21. The van der Waals surface area contributed by atoms with Gasteiger partial charge in [-0.2, -0.15) is 0 Å². The fourth-order valence-corrected chi connectivity index (χ4v) is 4.20. The lowest BCUT2D eigenvalue weighted by Crippen LogP contribution is -1.97. The van der Waals surface area contributed by atoms with Crippen LogP contribution in [0.3, 0.4) is 0 Å². The molecule has 0 unspecified atom stereocenters. The Morgan fingerprint density at radius 3 is 2.22 bits per heavy atom. The zero-order chi connectivity index (χ0) is 18.0. The van der Waals surface area contributed by atoms with Crippen LogP contribution in [0.5, 0.6) is 0 Å². The van der Waals surface area contributed by atoms with Crippen LogP contribution in [0.25, 0.3) is 49.6 Å². The smallest absolute Gasteiger partial charge is 0.145 e. The van der Waals surface area contributed by atoms with Crippen LogP contribution in [0.15, 0.2) is 79.1 Å². The Hall–Kier alpha value is -3.66. The minimum Gasteiger partial charge on any atom is -0.328 e. The van der Waals surface area contributed by atoms with Gasteiger partial charge in [0.2, 0.25) is 0 Å². The van der Waals surface area contributed by atoms with Crippen molar-refractivity contribution in [2.24, 2.45) is 7.05 Å². The maximum absolute atomic E-state index is 4.80. The molecule has 4 aromatic heterocycles. The topological polar surface area (TPSA) is 35.6 Å². The minimum absolute atomic E-state index is 0.958.